The summed E-state index contributed by atoms with van der Waals surface area (Å²) in [5.41, 5.74) is 1.29. The Morgan fingerprint density at radius 2 is 1.61 bits per heavy atom. The number of hydrogen-bond acceptors (Lipinski definition) is 3. The predicted molar refractivity (Wildman–Crippen MR) is 78.2 cm³/mol. The maximum Gasteiger partial charge on any atom is 0.292 e. The first-order chi connectivity index (χ1) is 8.56. The second kappa shape index (κ2) is 5.49. The van der Waals surface area contributed by atoms with Gasteiger partial charge in [-0.1, -0.05) is 31.9 Å². The molecule has 0 saturated heterocycles. The minimum absolute atomic E-state index is 0.0427. The second-order valence-electron chi connectivity index (χ2n) is 3.55. The Morgan fingerprint density at radius 3 is 2.22 bits per heavy atom. The number of anilines is 2. The third kappa shape index (κ3) is 3.08. The third-order valence-electron chi connectivity index (χ3n) is 2.28. The first kappa shape index (κ1) is 13.0. The number of nitrogens with one attached hydrogen (secondary N) is 1. The van der Waals surface area contributed by atoms with Gasteiger partial charge in [0.1, 0.15) is 5.69 Å². The highest BCUT2D eigenvalue weighted by atomic mass is 79.9. The molecule has 0 atom stereocenters. The van der Waals surface area contributed by atoms with Crippen LogP contribution in [0.5, 0.6) is 0 Å². The van der Waals surface area contributed by atoms with E-state index in [1.807, 2.05) is 24.3 Å². The number of halogens is 2. The molecule has 92 valence electrons. The molecule has 0 spiro atoms. The lowest BCUT2D eigenvalue weighted by Gasteiger charge is -2.07. The Kier molecular flexibility index (Phi) is 3.98. The monoisotopic (exact) mass is 370 g/mol. The predicted octanol–water partition coefficient (Wildman–Crippen LogP) is 4.86. The van der Waals surface area contributed by atoms with Crippen LogP contribution in [0.1, 0.15) is 0 Å². The standard InChI is InChI=1S/C12H8Br2N2O2/c13-8-1-4-10(5-2-8)15-11-7-9(14)3-6-12(11)16(17)18/h1-7,15H. The maximum atomic E-state index is 10.9. The smallest absolute Gasteiger partial charge is 0.292 e. The Labute approximate surface area is 120 Å². The summed E-state index contributed by atoms with van der Waals surface area (Å²) in [5, 5.41) is 13.9. The molecule has 4 nitrogen and oxygen atoms in total. The van der Waals surface area contributed by atoms with Crippen molar-refractivity contribution in [1.82, 2.24) is 0 Å². The number of nitrogens with zero attached hydrogens (tertiary/aromatic N) is 1. The average molecular weight is 372 g/mol. The van der Waals surface area contributed by atoms with Gasteiger partial charge in [-0.05, 0) is 36.4 Å². The van der Waals surface area contributed by atoms with Gasteiger partial charge in [0, 0.05) is 20.7 Å². The van der Waals surface area contributed by atoms with Gasteiger partial charge in [-0.25, -0.2) is 0 Å². The van der Waals surface area contributed by atoms with Gasteiger partial charge in [-0.3, -0.25) is 10.1 Å². The number of rotatable bonds is 3. The van der Waals surface area contributed by atoms with E-state index in [4.69, 9.17) is 0 Å². The van der Waals surface area contributed by atoms with Crippen molar-refractivity contribution in [3.05, 3.63) is 61.5 Å². The van der Waals surface area contributed by atoms with E-state index in [0.717, 1.165) is 14.6 Å². The Morgan fingerprint density at radius 1 is 1.00 bits per heavy atom. The summed E-state index contributed by atoms with van der Waals surface area (Å²) in [5.74, 6) is 0. The first-order valence-electron chi connectivity index (χ1n) is 5.03. The van der Waals surface area contributed by atoms with Gasteiger partial charge in [0.15, 0.2) is 0 Å². The molecular weight excluding hydrogens is 364 g/mol. The zero-order chi connectivity index (χ0) is 13.1. The Bertz CT molecular complexity index is 585. The van der Waals surface area contributed by atoms with Crippen LogP contribution in [-0.4, -0.2) is 4.92 Å². The molecule has 0 radical (unpaired) electrons. The maximum absolute atomic E-state index is 10.9. The molecule has 0 fully saturated rings. The summed E-state index contributed by atoms with van der Waals surface area (Å²) < 4.78 is 1.74. The number of hydrogen-bond donors (Lipinski definition) is 1. The van der Waals surface area contributed by atoms with Crippen LogP contribution in [0.25, 0.3) is 0 Å². The third-order valence-corrected chi connectivity index (χ3v) is 3.30. The van der Waals surface area contributed by atoms with Crippen LogP contribution >= 0.6 is 31.9 Å². The van der Waals surface area contributed by atoms with Gasteiger partial charge in [0.05, 0.1) is 4.92 Å². The van der Waals surface area contributed by atoms with E-state index in [1.165, 1.54) is 6.07 Å². The number of nitro groups is 1. The largest absolute Gasteiger partial charge is 0.350 e. The molecule has 0 heterocycles. The van der Waals surface area contributed by atoms with Crippen molar-refractivity contribution in [2.24, 2.45) is 0 Å². The Balaban J connectivity index is 2.35. The summed E-state index contributed by atoms with van der Waals surface area (Å²) in [4.78, 5) is 10.5. The van der Waals surface area contributed by atoms with E-state index >= 15 is 0 Å². The van der Waals surface area contributed by atoms with Crippen LogP contribution < -0.4 is 5.32 Å². The van der Waals surface area contributed by atoms with Crippen molar-refractivity contribution in [2.75, 3.05) is 5.32 Å². The molecule has 0 aliphatic rings. The lowest BCUT2D eigenvalue weighted by molar-refractivity contribution is -0.383. The molecule has 0 aromatic heterocycles. The fraction of sp³-hybridized carbons (Fsp3) is 0. The SMILES string of the molecule is O=[N+]([O-])c1ccc(Br)cc1Nc1ccc(Br)cc1. The molecule has 0 aliphatic heterocycles. The molecule has 0 bridgehead atoms. The van der Waals surface area contributed by atoms with Crippen LogP contribution in [0.15, 0.2) is 51.4 Å². The van der Waals surface area contributed by atoms with E-state index in [1.54, 1.807) is 12.1 Å². The van der Waals surface area contributed by atoms with Crippen molar-refractivity contribution in [3.8, 4) is 0 Å². The van der Waals surface area contributed by atoms with Crippen LogP contribution in [0.2, 0.25) is 0 Å². The van der Waals surface area contributed by atoms with Crippen molar-refractivity contribution in [1.29, 1.82) is 0 Å². The summed E-state index contributed by atoms with van der Waals surface area (Å²) in [7, 11) is 0. The van der Waals surface area contributed by atoms with Crippen LogP contribution in [0, 0.1) is 10.1 Å². The number of benzene rings is 2. The Hall–Kier alpha value is -1.40. The molecule has 18 heavy (non-hydrogen) atoms. The molecule has 0 unspecified atom stereocenters. The van der Waals surface area contributed by atoms with Crippen molar-refractivity contribution in [2.45, 2.75) is 0 Å². The van der Waals surface area contributed by atoms with E-state index in [9.17, 15) is 10.1 Å². The highest BCUT2D eigenvalue weighted by Gasteiger charge is 2.13. The molecular formula is C12H8Br2N2O2. The van der Waals surface area contributed by atoms with Crippen LogP contribution in [0.3, 0.4) is 0 Å². The summed E-state index contributed by atoms with van der Waals surface area (Å²) in [6, 6.07) is 12.2. The van der Waals surface area contributed by atoms with Gasteiger partial charge in [0.25, 0.3) is 5.69 Å². The van der Waals surface area contributed by atoms with E-state index in [0.29, 0.717) is 5.69 Å². The van der Waals surface area contributed by atoms with Crippen molar-refractivity contribution in [3.63, 3.8) is 0 Å². The van der Waals surface area contributed by atoms with Gasteiger partial charge in [-0.2, -0.15) is 0 Å². The minimum Gasteiger partial charge on any atom is -0.350 e. The molecule has 1 N–H and O–H groups in total. The molecule has 0 aliphatic carbocycles. The molecule has 2 aromatic rings. The lowest BCUT2D eigenvalue weighted by Crippen LogP contribution is -1.96. The van der Waals surface area contributed by atoms with E-state index in [2.05, 4.69) is 37.2 Å². The zero-order valence-electron chi connectivity index (χ0n) is 9.06. The van der Waals surface area contributed by atoms with E-state index < -0.39 is 4.92 Å². The average Bonchev–Trinajstić information content (AvgIpc) is 2.32. The normalized spacial score (nSPS) is 10.1. The molecule has 2 rings (SSSR count). The van der Waals surface area contributed by atoms with Crippen molar-refractivity contribution < 1.29 is 4.92 Å². The first-order valence-corrected chi connectivity index (χ1v) is 6.61. The summed E-state index contributed by atoms with van der Waals surface area (Å²) in [6.07, 6.45) is 0. The summed E-state index contributed by atoms with van der Waals surface area (Å²) >= 11 is 6.64. The molecule has 2 aromatic carbocycles. The highest BCUT2D eigenvalue weighted by molar-refractivity contribution is 9.10. The second-order valence-corrected chi connectivity index (χ2v) is 5.38. The van der Waals surface area contributed by atoms with Crippen LogP contribution in [-0.2, 0) is 0 Å². The molecule has 0 amide bonds. The van der Waals surface area contributed by atoms with Gasteiger partial charge >= 0.3 is 0 Å². The fourth-order valence-corrected chi connectivity index (χ4v) is 2.08. The van der Waals surface area contributed by atoms with Gasteiger partial charge < -0.3 is 5.32 Å². The number of nitro benzene ring substituents is 1. The van der Waals surface area contributed by atoms with Crippen molar-refractivity contribution >= 4 is 48.9 Å². The highest BCUT2D eigenvalue weighted by Crippen LogP contribution is 2.30. The van der Waals surface area contributed by atoms with Gasteiger partial charge in [0.2, 0.25) is 0 Å². The van der Waals surface area contributed by atoms with E-state index in [-0.39, 0.29) is 5.69 Å². The minimum atomic E-state index is -0.409. The van der Waals surface area contributed by atoms with Crippen LogP contribution in [0.4, 0.5) is 17.1 Å². The zero-order valence-corrected chi connectivity index (χ0v) is 12.2. The lowest BCUT2D eigenvalue weighted by atomic mass is 10.2. The molecule has 6 heteroatoms. The summed E-state index contributed by atoms with van der Waals surface area (Å²) in [6.45, 7) is 0. The quantitative estimate of drug-likeness (QED) is 0.618. The molecule has 0 saturated carbocycles. The fourth-order valence-electron chi connectivity index (χ4n) is 1.46. The van der Waals surface area contributed by atoms with Gasteiger partial charge in [-0.15, -0.1) is 0 Å². The topological polar surface area (TPSA) is 55.2 Å².